The number of aromatic nitrogens is 1. The molecule has 0 bridgehead atoms. The monoisotopic (exact) mass is 726 g/mol. The van der Waals surface area contributed by atoms with Crippen molar-refractivity contribution < 1.29 is 19.5 Å². The minimum absolute atomic E-state index is 0.0715. The number of pyridine rings is 1. The largest absolute Gasteiger partial charge is 0.506 e. The van der Waals surface area contributed by atoms with Gasteiger partial charge in [-0.1, -0.05) is 18.2 Å². The molecule has 10 nitrogen and oxygen atoms in total. The maximum absolute atomic E-state index is 13.9. The van der Waals surface area contributed by atoms with Crippen molar-refractivity contribution in [3.8, 4) is 5.75 Å². The highest BCUT2D eigenvalue weighted by Gasteiger charge is 2.34. The molecule has 0 saturated carbocycles. The lowest BCUT2D eigenvalue weighted by Crippen LogP contribution is -2.57. The predicted octanol–water partition coefficient (Wildman–Crippen LogP) is 5.39. The van der Waals surface area contributed by atoms with Crippen molar-refractivity contribution in [1.29, 1.82) is 0 Å². The van der Waals surface area contributed by atoms with Crippen LogP contribution in [0.2, 0.25) is 0 Å². The average Bonchev–Trinajstić information content (AvgIpc) is 3.04. The van der Waals surface area contributed by atoms with E-state index in [1.165, 1.54) is 5.56 Å². The van der Waals surface area contributed by atoms with Crippen molar-refractivity contribution in [2.24, 2.45) is 5.73 Å². The number of hydrogen-bond donors (Lipinski definition) is 3. The van der Waals surface area contributed by atoms with Crippen LogP contribution in [-0.2, 0) is 11.2 Å². The summed E-state index contributed by atoms with van der Waals surface area (Å²) in [6.45, 7) is 2.02. The van der Waals surface area contributed by atoms with E-state index in [0.29, 0.717) is 53.9 Å². The highest BCUT2D eigenvalue weighted by atomic mass is 79.9. The Bertz CT molecular complexity index is 1440. The molecule has 5 amide bonds. The summed E-state index contributed by atoms with van der Waals surface area (Å²) >= 11 is 6.75. The number of carbonyl (C=O) groups is 3. The fourth-order valence-electron chi connectivity index (χ4n) is 6.13. The number of phenolic OH excluding ortho intramolecular Hbond substituents is 1. The number of amides is 5. The number of hydrogen-bond acceptors (Lipinski definition) is 5. The van der Waals surface area contributed by atoms with E-state index in [1.54, 1.807) is 34.3 Å². The SMILES string of the molecule is NC(=O)N(c1ccccc1)C1CCN(C(=O)N[C@@H](Cc2cc(Br)c(O)c(Br)c2)C(=O)N2CCC(c3ccncc3)CC2)CC1. The normalized spacial score (nSPS) is 16.8. The number of phenols is 1. The highest BCUT2D eigenvalue weighted by molar-refractivity contribution is 9.11. The number of urea groups is 2. The second-order valence-corrected chi connectivity index (χ2v) is 13.0. The first kappa shape index (κ1) is 31.8. The topological polar surface area (TPSA) is 132 Å². The Hall–Kier alpha value is -3.64. The third-order valence-electron chi connectivity index (χ3n) is 8.49. The Morgan fingerprint density at radius 1 is 0.932 bits per heavy atom. The van der Waals surface area contributed by atoms with Gasteiger partial charge in [-0.25, -0.2) is 9.59 Å². The number of halogens is 2. The molecular formula is C32H36Br2N6O4. The number of primary amides is 1. The van der Waals surface area contributed by atoms with E-state index >= 15 is 0 Å². The molecule has 2 fully saturated rings. The first-order valence-electron chi connectivity index (χ1n) is 14.8. The van der Waals surface area contributed by atoms with Gasteiger partial charge < -0.3 is 26.0 Å². The number of likely N-dealkylation sites (tertiary alicyclic amines) is 2. The van der Waals surface area contributed by atoms with E-state index in [9.17, 15) is 19.5 Å². The molecule has 2 aromatic carbocycles. The molecule has 0 spiro atoms. The molecule has 4 N–H and O–H groups in total. The van der Waals surface area contributed by atoms with Gasteiger partial charge in [0.1, 0.15) is 11.8 Å². The predicted molar refractivity (Wildman–Crippen MR) is 175 cm³/mol. The number of benzene rings is 2. The average molecular weight is 728 g/mol. The van der Waals surface area contributed by atoms with Crippen LogP contribution in [0.5, 0.6) is 5.75 Å². The van der Waals surface area contributed by atoms with Gasteiger partial charge in [-0.05, 0) is 111 Å². The van der Waals surface area contributed by atoms with Gasteiger partial charge in [-0.15, -0.1) is 0 Å². The Kier molecular flexibility index (Phi) is 10.4. The number of rotatable bonds is 7. The molecule has 44 heavy (non-hydrogen) atoms. The molecule has 0 radical (unpaired) electrons. The maximum Gasteiger partial charge on any atom is 0.319 e. The van der Waals surface area contributed by atoms with Gasteiger partial charge >= 0.3 is 12.1 Å². The Morgan fingerprint density at radius 2 is 1.52 bits per heavy atom. The van der Waals surface area contributed by atoms with Gasteiger partial charge in [0, 0.05) is 56.7 Å². The second-order valence-electron chi connectivity index (χ2n) is 11.3. The van der Waals surface area contributed by atoms with E-state index < -0.39 is 12.1 Å². The smallest absolute Gasteiger partial charge is 0.319 e. The number of anilines is 1. The zero-order valence-electron chi connectivity index (χ0n) is 24.2. The molecule has 0 aliphatic carbocycles. The van der Waals surface area contributed by atoms with Crippen molar-refractivity contribution in [3.05, 3.63) is 87.1 Å². The molecule has 1 aromatic heterocycles. The number of para-hydroxylation sites is 1. The van der Waals surface area contributed by atoms with Crippen LogP contribution in [0.15, 0.2) is 75.9 Å². The zero-order chi connectivity index (χ0) is 31.2. The number of nitrogens with zero attached hydrogens (tertiary/aromatic N) is 4. The van der Waals surface area contributed by atoms with E-state index in [-0.39, 0.29) is 30.2 Å². The maximum atomic E-state index is 13.9. The molecule has 12 heteroatoms. The third-order valence-corrected chi connectivity index (χ3v) is 9.69. The van der Waals surface area contributed by atoms with Gasteiger partial charge in [0.15, 0.2) is 0 Å². The van der Waals surface area contributed by atoms with E-state index in [0.717, 1.165) is 24.1 Å². The van der Waals surface area contributed by atoms with Crippen molar-refractivity contribution in [3.63, 3.8) is 0 Å². The van der Waals surface area contributed by atoms with Crippen LogP contribution >= 0.6 is 31.9 Å². The minimum Gasteiger partial charge on any atom is -0.506 e. The first-order valence-corrected chi connectivity index (χ1v) is 16.3. The Morgan fingerprint density at radius 3 is 2.11 bits per heavy atom. The molecule has 1 atom stereocenters. The van der Waals surface area contributed by atoms with E-state index in [2.05, 4.69) is 42.2 Å². The van der Waals surface area contributed by atoms with Gasteiger partial charge in [0.05, 0.1) is 8.95 Å². The van der Waals surface area contributed by atoms with Gasteiger partial charge in [-0.3, -0.25) is 14.7 Å². The van der Waals surface area contributed by atoms with E-state index in [1.807, 2.05) is 47.4 Å². The van der Waals surface area contributed by atoms with Crippen LogP contribution < -0.4 is 16.0 Å². The number of nitrogens with one attached hydrogen (secondary N) is 1. The lowest BCUT2D eigenvalue weighted by Gasteiger charge is -2.39. The molecule has 0 unspecified atom stereocenters. The van der Waals surface area contributed by atoms with Crippen molar-refractivity contribution in [2.75, 3.05) is 31.1 Å². The molecular weight excluding hydrogens is 692 g/mol. The minimum atomic E-state index is -0.799. The second kappa shape index (κ2) is 14.4. The summed E-state index contributed by atoms with van der Waals surface area (Å²) in [5, 5.41) is 13.2. The Balaban J connectivity index is 1.26. The first-order chi connectivity index (χ1) is 21.2. The molecule has 232 valence electrons. The molecule has 2 aliphatic heterocycles. The van der Waals surface area contributed by atoms with Crippen molar-refractivity contribution in [1.82, 2.24) is 20.1 Å². The van der Waals surface area contributed by atoms with Gasteiger partial charge in [-0.2, -0.15) is 0 Å². The highest BCUT2D eigenvalue weighted by Crippen LogP contribution is 2.34. The standard InChI is InChI=1S/C32H36Br2N6O4/c33-26-18-21(19-27(34)29(26)41)20-28(30(42)38-14-8-23(9-15-38)22-6-12-36-13-7-22)37-32(44)39-16-10-25(11-17-39)40(31(35)43)24-4-2-1-3-5-24/h1-7,12-13,18-19,23,25,28,41H,8-11,14-17,20H2,(H2,35,43)(H,37,44)/t28-/m0/s1. The van der Waals surface area contributed by atoms with Crippen LogP contribution in [0.3, 0.4) is 0 Å². The van der Waals surface area contributed by atoms with E-state index in [4.69, 9.17) is 5.73 Å². The van der Waals surface area contributed by atoms with Gasteiger partial charge in [0.25, 0.3) is 0 Å². The number of piperidine rings is 2. The Labute approximate surface area is 273 Å². The summed E-state index contributed by atoms with van der Waals surface area (Å²) in [4.78, 5) is 49.0. The number of carbonyl (C=O) groups excluding carboxylic acids is 3. The molecule has 2 aliphatic rings. The molecule has 3 aromatic rings. The molecule has 3 heterocycles. The summed E-state index contributed by atoms with van der Waals surface area (Å²) in [6.07, 6.45) is 6.63. The van der Waals surface area contributed by atoms with Crippen LogP contribution in [-0.4, -0.2) is 76.1 Å². The van der Waals surface area contributed by atoms with Crippen LogP contribution in [0.4, 0.5) is 15.3 Å². The zero-order valence-corrected chi connectivity index (χ0v) is 27.4. The quantitative estimate of drug-likeness (QED) is 0.301. The van der Waals surface area contributed by atoms with Gasteiger partial charge in [0.2, 0.25) is 5.91 Å². The summed E-state index contributed by atoms with van der Waals surface area (Å²) < 4.78 is 0.995. The lowest BCUT2D eigenvalue weighted by atomic mass is 9.89. The lowest BCUT2D eigenvalue weighted by molar-refractivity contribution is -0.134. The summed E-state index contributed by atoms with van der Waals surface area (Å²) in [7, 11) is 0. The number of nitrogens with two attached hydrogens (primary N) is 1. The van der Waals surface area contributed by atoms with Crippen molar-refractivity contribution >= 4 is 55.5 Å². The van der Waals surface area contributed by atoms with Crippen molar-refractivity contribution in [2.45, 2.75) is 50.1 Å². The van der Waals surface area contributed by atoms with Crippen LogP contribution in [0.25, 0.3) is 0 Å². The fraction of sp³-hybridized carbons (Fsp3) is 0.375. The van der Waals surface area contributed by atoms with Crippen LogP contribution in [0.1, 0.15) is 42.7 Å². The summed E-state index contributed by atoms with van der Waals surface area (Å²) in [5.74, 6) is 0.296. The van der Waals surface area contributed by atoms with Crippen LogP contribution in [0, 0.1) is 0 Å². The summed E-state index contributed by atoms with van der Waals surface area (Å²) in [5.41, 5.74) is 8.47. The third kappa shape index (κ3) is 7.52. The number of aromatic hydroxyl groups is 1. The molecule has 5 rings (SSSR count). The molecule has 2 saturated heterocycles. The fourth-order valence-corrected chi connectivity index (χ4v) is 7.42. The summed E-state index contributed by atoms with van der Waals surface area (Å²) in [6, 6.07) is 15.1.